The number of ether oxygens (including phenoxy) is 1. The van der Waals surface area contributed by atoms with Gasteiger partial charge in [-0.25, -0.2) is 0 Å². The van der Waals surface area contributed by atoms with Crippen LogP contribution < -0.4 is 0 Å². The van der Waals surface area contributed by atoms with Gasteiger partial charge in [0.05, 0.1) is 18.8 Å². The monoisotopic (exact) mass is 159 g/mol. The van der Waals surface area contributed by atoms with Crippen molar-refractivity contribution in [2.24, 2.45) is 0 Å². The van der Waals surface area contributed by atoms with Gasteiger partial charge in [-0.2, -0.15) is 0 Å². The van der Waals surface area contributed by atoms with Crippen LogP contribution in [0.15, 0.2) is 0 Å². The quantitative estimate of drug-likeness (QED) is 0.619. The first kappa shape index (κ1) is 8.97. The molecule has 0 spiro atoms. The van der Waals surface area contributed by atoms with Gasteiger partial charge in [-0.1, -0.05) is 6.92 Å². The predicted molar refractivity (Wildman–Crippen MR) is 43.5 cm³/mol. The number of aliphatic hydroxyl groups is 1. The molecule has 0 aliphatic carbocycles. The first-order valence-electron chi connectivity index (χ1n) is 4.26. The minimum absolute atomic E-state index is 0.0173. The van der Waals surface area contributed by atoms with Gasteiger partial charge in [0, 0.05) is 13.1 Å². The Morgan fingerprint density at radius 3 is 3.00 bits per heavy atom. The number of rotatable bonds is 2. The van der Waals surface area contributed by atoms with Crippen LogP contribution in [0.25, 0.3) is 0 Å². The standard InChI is InChI=1S/C8H17NO2/c1-3-9-4-5-11-8(6-9)7(2)10/h7-8,10H,3-6H2,1-2H3/t7-,8-/m1/s1. The Morgan fingerprint density at radius 2 is 2.45 bits per heavy atom. The molecule has 2 atom stereocenters. The first-order chi connectivity index (χ1) is 5.24. The van der Waals surface area contributed by atoms with Crippen molar-refractivity contribution in [2.45, 2.75) is 26.1 Å². The van der Waals surface area contributed by atoms with Crippen molar-refractivity contribution in [1.29, 1.82) is 0 Å². The molecule has 0 amide bonds. The van der Waals surface area contributed by atoms with E-state index in [0.29, 0.717) is 0 Å². The maximum absolute atomic E-state index is 9.24. The fraction of sp³-hybridized carbons (Fsp3) is 1.00. The van der Waals surface area contributed by atoms with E-state index in [0.717, 1.165) is 26.2 Å². The van der Waals surface area contributed by atoms with Crippen LogP contribution in [0.2, 0.25) is 0 Å². The molecule has 3 heteroatoms. The first-order valence-corrected chi connectivity index (χ1v) is 4.26. The zero-order chi connectivity index (χ0) is 8.27. The van der Waals surface area contributed by atoms with Gasteiger partial charge in [0.2, 0.25) is 0 Å². The summed E-state index contributed by atoms with van der Waals surface area (Å²) >= 11 is 0. The van der Waals surface area contributed by atoms with E-state index in [9.17, 15) is 5.11 Å². The molecule has 0 saturated carbocycles. The van der Waals surface area contributed by atoms with E-state index in [-0.39, 0.29) is 12.2 Å². The van der Waals surface area contributed by atoms with Crippen LogP contribution in [-0.4, -0.2) is 48.5 Å². The number of morpholine rings is 1. The van der Waals surface area contributed by atoms with E-state index in [1.807, 2.05) is 0 Å². The molecule has 1 fully saturated rings. The molecule has 1 N–H and O–H groups in total. The molecule has 0 aromatic heterocycles. The van der Waals surface area contributed by atoms with Crippen LogP contribution >= 0.6 is 0 Å². The highest BCUT2D eigenvalue weighted by Crippen LogP contribution is 2.07. The van der Waals surface area contributed by atoms with Crippen molar-refractivity contribution in [1.82, 2.24) is 4.90 Å². The van der Waals surface area contributed by atoms with Crippen LogP contribution in [0.4, 0.5) is 0 Å². The topological polar surface area (TPSA) is 32.7 Å². The van der Waals surface area contributed by atoms with E-state index < -0.39 is 0 Å². The summed E-state index contributed by atoms with van der Waals surface area (Å²) in [5, 5.41) is 9.24. The molecule has 11 heavy (non-hydrogen) atoms. The molecular weight excluding hydrogens is 142 g/mol. The lowest BCUT2D eigenvalue weighted by atomic mass is 10.2. The summed E-state index contributed by atoms with van der Waals surface area (Å²) in [7, 11) is 0. The average molecular weight is 159 g/mol. The van der Waals surface area contributed by atoms with Gasteiger partial charge in [0.25, 0.3) is 0 Å². The largest absolute Gasteiger partial charge is 0.391 e. The van der Waals surface area contributed by atoms with Gasteiger partial charge >= 0.3 is 0 Å². The summed E-state index contributed by atoms with van der Waals surface area (Å²) in [4.78, 5) is 2.29. The van der Waals surface area contributed by atoms with Crippen LogP contribution in [0, 0.1) is 0 Å². The normalized spacial score (nSPS) is 30.3. The molecule has 1 heterocycles. The molecule has 3 nitrogen and oxygen atoms in total. The van der Waals surface area contributed by atoms with E-state index in [1.54, 1.807) is 6.92 Å². The van der Waals surface area contributed by atoms with Crippen LogP contribution in [0.1, 0.15) is 13.8 Å². The van der Waals surface area contributed by atoms with Crippen LogP contribution in [0.5, 0.6) is 0 Å². The molecule has 0 bridgehead atoms. The van der Waals surface area contributed by atoms with Gasteiger partial charge in [0.15, 0.2) is 0 Å². The van der Waals surface area contributed by atoms with Crippen LogP contribution in [-0.2, 0) is 4.74 Å². The number of likely N-dealkylation sites (N-methyl/N-ethyl adjacent to an activating group) is 1. The van der Waals surface area contributed by atoms with Crippen molar-refractivity contribution in [3.63, 3.8) is 0 Å². The Labute approximate surface area is 68.0 Å². The van der Waals surface area contributed by atoms with Gasteiger partial charge in [-0.05, 0) is 13.5 Å². The minimum Gasteiger partial charge on any atom is -0.391 e. The smallest absolute Gasteiger partial charge is 0.0958 e. The third-order valence-corrected chi connectivity index (χ3v) is 2.16. The summed E-state index contributed by atoms with van der Waals surface area (Å²) in [5.41, 5.74) is 0. The van der Waals surface area contributed by atoms with Gasteiger partial charge in [0.1, 0.15) is 0 Å². The second-order valence-corrected chi connectivity index (χ2v) is 3.04. The molecule has 1 rings (SSSR count). The maximum Gasteiger partial charge on any atom is 0.0958 e. The van der Waals surface area contributed by atoms with E-state index in [1.165, 1.54) is 0 Å². The summed E-state index contributed by atoms with van der Waals surface area (Å²) in [6.07, 6.45) is -0.326. The molecule has 0 aromatic rings. The average Bonchev–Trinajstić information content (AvgIpc) is 2.05. The predicted octanol–water partition coefficient (Wildman–Crippen LogP) is 0.0879. The lowest BCUT2D eigenvalue weighted by molar-refractivity contribution is -0.0814. The zero-order valence-electron chi connectivity index (χ0n) is 7.29. The van der Waals surface area contributed by atoms with E-state index in [2.05, 4.69) is 11.8 Å². The van der Waals surface area contributed by atoms with Crippen LogP contribution in [0.3, 0.4) is 0 Å². The van der Waals surface area contributed by atoms with Gasteiger partial charge < -0.3 is 9.84 Å². The molecule has 0 aromatic carbocycles. The third-order valence-electron chi connectivity index (χ3n) is 2.16. The maximum atomic E-state index is 9.24. The summed E-state index contributed by atoms with van der Waals surface area (Å²) in [6, 6.07) is 0. The second-order valence-electron chi connectivity index (χ2n) is 3.04. The Hall–Kier alpha value is -0.120. The Bertz CT molecular complexity index is 117. The molecule has 66 valence electrons. The molecule has 1 saturated heterocycles. The molecule has 0 unspecified atom stereocenters. The molecule has 1 aliphatic rings. The second kappa shape index (κ2) is 4.04. The number of nitrogens with zero attached hydrogens (tertiary/aromatic N) is 1. The molecule has 1 aliphatic heterocycles. The highest BCUT2D eigenvalue weighted by atomic mass is 16.5. The highest BCUT2D eigenvalue weighted by Gasteiger charge is 2.22. The Kier molecular flexibility index (Phi) is 3.30. The Balaban J connectivity index is 2.33. The summed E-state index contributed by atoms with van der Waals surface area (Å²) < 4.78 is 5.38. The lowest BCUT2D eigenvalue weighted by Gasteiger charge is -2.33. The summed E-state index contributed by atoms with van der Waals surface area (Å²) in [6.45, 7) is 7.58. The number of hydrogen-bond donors (Lipinski definition) is 1. The van der Waals surface area contributed by atoms with Gasteiger partial charge in [-0.3, -0.25) is 4.90 Å². The highest BCUT2D eigenvalue weighted by molar-refractivity contribution is 4.74. The molecule has 0 radical (unpaired) electrons. The van der Waals surface area contributed by atoms with Crippen molar-refractivity contribution >= 4 is 0 Å². The summed E-state index contributed by atoms with van der Waals surface area (Å²) in [5.74, 6) is 0. The van der Waals surface area contributed by atoms with Gasteiger partial charge in [-0.15, -0.1) is 0 Å². The minimum atomic E-state index is -0.343. The van der Waals surface area contributed by atoms with Crippen molar-refractivity contribution in [3.8, 4) is 0 Å². The molecular formula is C8H17NO2. The Morgan fingerprint density at radius 1 is 1.73 bits per heavy atom. The SMILES string of the molecule is CCN1CCO[C@@H]([C@@H](C)O)C1. The van der Waals surface area contributed by atoms with E-state index in [4.69, 9.17) is 4.74 Å². The fourth-order valence-electron chi connectivity index (χ4n) is 1.31. The van der Waals surface area contributed by atoms with Crippen molar-refractivity contribution < 1.29 is 9.84 Å². The zero-order valence-corrected chi connectivity index (χ0v) is 7.29. The third kappa shape index (κ3) is 2.43. The fourth-order valence-corrected chi connectivity index (χ4v) is 1.31. The van der Waals surface area contributed by atoms with Crippen molar-refractivity contribution in [2.75, 3.05) is 26.2 Å². The van der Waals surface area contributed by atoms with E-state index >= 15 is 0 Å². The van der Waals surface area contributed by atoms with Crippen molar-refractivity contribution in [3.05, 3.63) is 0 Å². The number of aliphatic hydroxyl groups excluding tert-OH is 1. The lowest BCUT2D eigenvalue weighted by Crippen LogP contribution is -2.46. The number of hydrogen-bond acceptors (Lipinski definition) is 3.